The number of nitrogens with zero attached hydrogens (tertiary/aromatic N) is 1. The van der Waals surface area contributed by atoms with Gasteiger partial charge in [0.1, 0.15) is 0 Å². The van der Waals surface area contributed by atoms with Crippen molar-refractivity contribution in [3.05, 3.63) is 61.6 Å². The highest BCUT2D eigenvalue weighted by molar-refractivity contribution is 14.1. The van der Waals surface area contributed by atoms with E-state index in [9.17, 15) is 4.79 Å². The normalized spacial score (nSPS) is 11.2. The van der Waals surface area contributed by atoms with E-state index in [4.69, 9.17) is 0 Å². The minimum Gasteiger partial charge on any atom is -0.376 e. The fraction of sp³-hybridized carbons (Fsp3) is 0.176. The second-order valence-corrected chi connectivity index (χ2v) is 7.21. The molecule has 0 spiro atoms. The van der Waals surface area contributed by atoms with Crippen molar-refractivity contribution in [2.24, 2.45) is 5.10 Å². The number of nitrogens with one attached hydrogen (secondary N) is 2. The summed E-state index contributed by atoms with van der Waals surface area (Å²) < 4.78 is 2.18. The van der Waals surface area contributed by atoms with Crippen LogP contribution in [0, 0.1) is 10.5 Å². The molecule has 0 heterocycles. The van der Waals surface area contributed by atoms with E-state index in [0.29, 0.717) is 0 Å². The van der Waals surface area contributed by atoms with E-state index in [2.05, 4.69) is 60.4 Å². The third-order valence-electron chi connectivity index (χ3n) is 3.24. The molecule has 0 unspecified atom stereocenters. The fourth-order valence-corrected chi connectivity index (χ4v) is 2.85. The molecule has 0 radical (unpaired) electrons. The lowest BCUT2D eigenvalue weighted by Crippen LogP contribution is -2.27. The molecule has 2 aromatic carbocycles. The number of carbonyl (C=O) groups is 1. The van der Waals surface area contributed by atoms with Gasteiger partial charge in [0.2, 0.25) is 0 Å². The summed E-state index contributed by atoms with van der Waals surface area (Å²) in [5.74, 6) is -0.181. The van der Waals surface area contributed by atoms with Gasteiger partial charge in [-0.2, -0.15) is 5.10 Å². The maximum atomic E-state index is 11.9. The van der Waals surface area contributed by atoms with Crippen LogP contribution in [0.3, 0.4) is 0 Å². The molecule has 0 aliphatic rings. The average Bonchev–Trinajstić information content (AvgIpc) is 2.52. The van der Waals surface area contributed by atoms with Gasteiger partial charge in [-0.25, -0.2) is 5.43 Å². The van der Waals surface area contributed by atoms with Gasteiger partial charge in [-0.1, -0.05) is 28.1 Å². The number of hydrogen-bond donors (Lipinski definition) is 2. The summed E-state index contributed by atoms with van der Waals surface area (Å²) in [4.78, 5) is 11.9. The number of benzene rings is 2. The molecule has 1 amide bonds. The van der Waals surface area contributed by atoms with Crippen molar-refractivity contribution in [3.63, 3.8) is 0 Å². The smallest absolute Gasteiger partial charge is 0.259 e. The van der Waals surface area contributed by atoms with Crippen LogP contribution in [-0.4, -0.2) is 18.2 Å². The van der Waals surface area contributed by atoms with Gasteiger partial charge < -0.3 is 5.32 Å². The summed E-state index contributed by atoms with van der Waals surface area (Å²) >= 11 is 5.66. The number of rotatable bonds is 5. The van der Waals surface area contributed by atoms with E-state index in [0.717, 1.165) is 27.0 Å². The van der Waals surface area contributed by atoms with Crippen LogP contribution < -0.4 is 10.7 Å². The van der Waals surface area contributed by atoms with Gasteiger partial charge in [0.25, 0.3) is 5.91 Å². The molecule has 120 valence electrons. The molecule has 6 heteroatoms. The van der Waals surface area contributed by atoms with E-state index >= 15 is 0 Å². The van der Waals surface area contributed by atoms with Crippen LogP contribution in [-0.2, 0) is 4.79 Å². The van der Waals surface area contributed by atoms with Crippen molar-refractivity contribution in [2.75, 3.05) is 11.9 Å². The first kappa shape index (κ1) is 17.9. The van der Waals surface area contributed by atoms with E-state index in [1.54, 1.807) is 0 Å². The summed E-state index contributed by atoms with van der Waals surface area (Å²) in [6.07, 6.45) is 0. The molecule has 2 rings (SSSR count). The van der Waals surface area contributed by atoms with Crippen molar-refractivity contribution in [2.45, 2.75) is 13.8 Å². The van der Waals surface area contributed by atoms with Gasteiger partial charge in [0, 0.05) is 13.7 Å². The van der Waals surface area contributed by atoms with Crippen LogP contribution in [0.15, 0.2) is 52.0 Å². The fourth-order valence-electron chi connectivity index (χ4n) is 1.94. The Bertz CT molecular complexity index is 729. The van der Waals surface area contributed by atoms with E-state index in [1.165, 1.54) is 3.57 Å². The summed E-state index contributed by atoms with van der Waals surface area (Å²) in [5.41, 5.74) is 6.36. The molecular weight excluding hydrogens is 469 g/mol. The Hall–Kier alpha value is -1.41. The molecule has 0 fully saturated rings. The molecule has 0 aliphatic carbocycles. The highest BCUT2D eigenvalue weighted by atomic mass is 127. The lowest BCUT2D eigenvalue weighted by molar-refractivity contribution is -0.119. The zero-order valence-electron chi connectivity index (χ0n) is 12.9. The molecule has 23 heavy (non-hydrogen) atoms. The number of aryl methyl sites for hydroxylation is 1. The van der Waals surface area contributed by atoms with Crippen molar-refractivity contribution < 1.29 is 4.79 Å². The Balaban J connectivity index is 1.89. The predicted molar refractivity (Wildman–Crippen MR) is 107 cm³/mol. The SMILES string of the molecule is C/C(=N/NC(=O)CNc1ccc(I)cc1C)c1ccc(Br)cc1. The summed E-state index contributed by atoms with van der Waals surface area (Å²) in [6, 6.07) is 13.8. The molecule has 0 atom stereocenters. The number of anilines is 1. The van der Waals surface area contributed by atoms with Crippen molar-refractivity contribution in [3.8, 4) is 0 Å². The Labute approximate surface area is 158 Å². The average molecular weight is 486 g/mol. The quantitative estimate of drug-likeness (QED) is 0.376. The first-order valence-corrected chi connectivity index (χ1v) is 8.92. The van der Waals surface area contributed by atoms with Crippen LogP contribution in [0.4, 0.5) is 5.69 Å². The Morgan fingerprint density at radius 1 is 1.22 bits per heavy atom. The lowest BCUT2D eigenvalue weighted by Gasteiger charge is -2.09. The molecule has 0 bridgehead atoms. The standard InChI is InChI=1S/C17H17BrIN3O/c1-11-9-15(19)7-8-16(11)20-10-17(23)22-21-12(2)13-3-5-14(18)6-4-13/h3-9,20H,10H2,1-2H3,(H,22,23)/b21-12-. The molecule has 0 aliphatic heterocycles. The van der Waals surface area contributed by atoms with Gasteiger partial charge >= 0.3 is 0 Å². The zero-order chi connectivity index (χ0) is 16.8. The van der Waals surface area contributed by atoms with Crippen molar-refractivity contribution >= 4 is 55.8 Å². The van der Waals surface area contributed by atoms with Crippen LogP contribution >= 0.6 is 38.5 Å². The maximum Gasteiger partial charge on any atom is 0.259 e. The highest BCUT2D eigenvalue weighted by Gasteiger charge is 2.03. The van der Waals surface area contributed by atoms with Crippen molar-refractivity contribution in [1.82, 2.24) is 5.43 Å². The van der Waals surface area contributed by atoms with Gasteiger partial charge in [-0.15, -0.1) is 0 Å². The van der Waals surface area contributed by atoms with Crippen LogP contribution in [0.5, 0.6) is 0 Å². The minimum atomic E-state index is -0.181. The van der Waals surface area contributed by atoms with Crippen LogP contribution in [0.25, 0.3) is 0 Å². The first-order valence-electron chi connectivity index (χ1n) is 7.05. The monoisotopic (exact) mass is 485 g/mol. The third kappa shape index (κ3) is 5.62. The maximum absolute atomic E-state index is 11.9. The first-order chi connectivity index (χ1) is 11.0. The topological polar surface area (TPSA) is 53.5 Å². The summed E-state index contributed by atoms with van der Waals surface area (Å²) in [5, 5.41) is 7.25. The molecule has 0 aromatic heterocycles. The van der Waals surface area contributed by atoms with Crippen LogP contribution in [0.1, 0.15) is 18.1 Å². The lowest BCUT2D eigenvalue weighted by atomic mass is 10.1. The van der Waals surface area contributed by atoms with Gasteiger partial charge in [0.15, 0.2) is 0 Å². The number of amides is 1. The largest absolute Gasteiger partial charge is 0.376 e. The minimum absolute atomic E-state index is 0.179. The second-order valence-electron chi connectivity index (χ2n) is 5.05. The molecular formula is C17H17BrIN3O. The Morgan fingerprint density at radius 3 is 2.57 bits per heavy atom. The van der Waals surface area contributed by atoms with Gasteiger partial charge in [-0.05, 0) is 77.9 Å². The molecule has 2 N–H and O–H groups in total. The zero-order valence-corrected chi connectivity index (χ0v) is 16.6. The summed E-state index contributed by atoms with van der Waals surface area (Å²) in [7, 11) is 0. The molecule has 0 saturated carbocycles. The van der Waals surface area contributed by atoms with Crippen LogP contribution in [0.2, 0.25) is 0 Å². The second kappa shape index (κ2) is 8.44. The number of halogens is 2. The molecule has 2 aromatic rings. The van der Waals surface area contributed by atoms with Gasteiger partial charge in [-0.3, -0.25) is 4.79 Å². The number of hydrazone groups is 1. The third-order valence-corrected chi connectivity index (χ3v) is 4.44. The Morgan fingerprint density at radius 2 is 1.91 bits per heavy atom. The molecule has 4 nitrogen and oxygen atoms in total. The van der Waals surface area contributed by atoms with E-state index < -0.39 is 0 Å². The van der Waals surface area contributed by atoms with E-state index in [1.807, 2.05) is 50.2 Å². The summed E-state index contributed by atoms with van der Waals surface area (Å²) in [6.45, 7) is 4.05. The van der Waals surface area contributed by atoms with Gasteiger partial charge in [0.05, 0.1) is 12.3 Å². The van der Waals surface area contributed by atoms with Crippen molar-refractivity contribution in [1.29, 1.82) is 0 Å². The number of hydrogen-bond acceptors (Lipinski definition) is 3. The molecule has 0 saturated heterocycles. The Kier molecular flexibility index (Phi) is 6.59. The van der Waals surface area contributed by atoms with E-state index in [-0.39, 0.29) is 12.5 Å². The number of carbonyl (C=O) groups excluding carboxylic acids is 1. The predicted octanol–water partition coefficient (Wildman–Crippen LogP) is 4.31. The highest BCUT2D eigenvalue weighted by Crippen LogP contribution is 2.17.